The normalized spacial score (nSPS) is 16.8. The maximum atomic E-state index is 12.5. The van der Waals surface area contributed by atoms with Gasteiger partial charge in [0.15, 0.2) is 5.78 Å². The molecule has 2 aliphatic rings. The second-order valence-corrected chi connectivity index (χ2v) is 8.94. The maximum Gasteiger partial charge on any atom is 0.220 e. The maximum absolute atomic E-state index is 12.5. The monoisotopic (exact) mass is 419 g/mol. The number of hydrogen-bond acceptors (Lipinski definition) is 4. The van der Waals surface area contributed by atoms with E-state index >= 15 is 0 Å². The number of likely N-dealkylation sites (N-methyl/N-ethyl adjacent to an activating group) is 1. The van der Waals surface area contributed by atoms with E-state index in [1.54, 1.807) is 0 Å². The van der Waals surface area contributed by atoms with E-state index in [2.05, 4.69) is 46.4 Å². The van der Waals surface area contributed by atoms with E-state index < -0.39 is 0 Å². The lowest BCUT2D eigenvalue weighted by Gasteiger charge is -2.32. The summed E-state index contributed by atoms with van der Waals surface area (Å²) >= 11 is 0. The lowest BCUT2D eigenvalue weighted by atomic mass is 10.0. The highest BCUT2D eigenvalue weighted by Gasteiger charge is 2.16. The molecule has 0 radical (unpaired) electrons. The minimum absolute atomic E-state index is 0.0547. The molecular formula is C26H33N3O2. The van der Waals surface area contributed by atoms with Gasteiger partial charge in [0.25, 0.3) is 0 Å². The zero-order valence-corrected chi connectivity index (χ0v) is 18.5. The Hall–Kier alpha value is -2.50. The van der Waals surface area contributed by atoms with Gasteiger partial charge in [-0.15, -0.1) is 0 Å². The van der Waals surface area contributed by atoms with Crippen LogP contribution in [0.2, 0.25) is 0 Å². The van der Waals surface area contributed by atoms with Gasteiger partial charge in [-0.3, -0.25) is 14.5 Å². The molecule has 1 heterocycles. The molecule has 1 fully saturated rings. The summed E-state index contributed by atoms with van der Waals surface area (Å²) in [6, 6.07) is 14.4. The fraction of sp³-hybridized carbons (Fsp3) is 0.462. The Balaban J connectivity index is 1.22. The molecular weight excluding hydrogens is 386 g/mol. The quantitative estimate of drug-likeness (QED) is 0.668. The number of hydrogen-bond donors (Lipinski definition) is 1. The molecule has 0 atom stereocenters. The Bertz CT molecular complexity index is 932. The van der Waals surface area contributed by atoms with Gasteiger partial charge in [-0.1, -0.05) is 36.4 Å². The van der Waals surface area contributed by atoms with Crippen LogP contribution in [0.25, 0.3) is 0 Å². The fourth-order valence-electron chi connectivity index (χ4n) is 4.51. The third-order valence-electron chi connectivity index (χ3n) is 6.48. The van der Waals surface area contributed by atoms with E-state index in [0.29, 0.717) is 6.54 Å². The molecule has 0 saturated carbocycles. The van der Waals surface area contributed by atoms with Crippen LogP contribution in [-0.4, -0.2) is 54.7 Å². The zero-order chi connectivity index (χ0) is 21.6. The molecule has 0 bridgehead atoms. The van der Waals surface area contributed by atoms with Gasteiger partial charge in [0.2, 0.25) is 5.91 Å². The Kier molecular flexibility index (Phi) is 7.15. The van der Waals surface area contributed by atoms with Gasteiger partial charge in [0, 0.05) is 57.7 Å². The number of fused-ring (bicyclic) bond motifs is 1. The third kappa shape index (κ3) is 6.02. The van der Waals surface area contributed by atoms with Crippen molar-refractivity contribution in [2.45, 2.75) is 45.2 Å². The number of nitrogens with zero attached hydrogens (tertiary/aromatic N) is 2. The average Bonchev–Trinajstić information content (AvgIpc) is 3.26. The van der Waals surface area contributed by atoms with E-state index in [-0.39, 0.29) is 24.5 Å². The molecule has 2 aromatic carbocycles. The van der Waals surface area contributed by atoms with Crippen molar-refractivity contribution >= 4 is 11.7 Å². The summed E-state index contributed by atoms with van der Waals surface area (Å²) in [5, 5.41) is 2.97. The summed E-state index contributed by atoms with van der Waals surface area (Å²) in [6.07, 6.45) is 3.84. The summed E-state index contributed by atoms with van der Waals surface area (Å²) in [7, 11) is 2.17. The molecule has 1 aliphatic heterocycles. The molecule has 1 amide bonds. The summed E-state index contributed by atoms with van der Waals surface area (Å²) in [4.78, 5) is 29.6. The van der Waals surface area contributed by atoms with Crippen LogP contribution < -0.4 is 5.32 Å². The highest BCUT2D eigenvalue weighted by atomic mass is 16.2. The van der Waals surface area contributed by atoms with Crippen LogP contribution in [0.1, 0.15) is 51.9 Å². The summed E-state index contributed by atoms with van der Waals surface area (Å²) in [6.45, 7) is 5.86. The first-order valence-electron chi connectivity index (χ1n) is 11.5. The van der Waals surface area contributed by atoms with Crippen molar-refractivity contribution in [2.24, 2.45) is 0 Å². The molecule has 0 unspecified atom stereocenters. The molecule has 164 valence electrons. The van der Waals surface area contributed by atoms with Gasteiger partial charge < -0.3 is 10.2 Å². The molecule has 4 rings (SSSR count). The summed E-state index contributed by atoms with van der Waals surface area (Å²) < 4.78 is 0. The molecule has 0 aromatic heterocycles. The Morgan fingerprint density at radius 3 is 2.52 bits per heavy atom. The second kappa shape index (κ2) is 10.2. The predicted octanol–water partition coefficient (Wildman–Crippen LogP) is 3.20. The minimum atomic E-state index is -0.0704. The van der Waals surface area contributed by atoms with Crippen LogP contribution in [0.15, 0.2) is 42.5 Å². The molecule has 1 aliphatic carbocycles. The molecule has 5 heteroatoms. The molecule has 1 N–H and O–H groups in total. The van der Waals surface area contributed by atoms with Crippen molar-refractivity contribution in [2.75, 3.05) is 33.2 Å². The third-order valence-corrected chi connectivity index (χ3v) is 6.48. The van der Waals surface area contributed by atoms with Gasteiger partial charge in [-0.25, -0.2) is 0 Å². The number of benzene rings is 2. The highest BCUT2D eigenvalue weighted by molar-refractivity contribution is 5.98. The largest absolute Gasteiger partial charge is 0.352 e. The molecule has 1 saturated heterocycles. The van der Waals surface area contributed by atoms with E-state index in [1.807, 2.05) is 18.2 Å². The molecule has 0 spiro atoms. The standard InChI is InChI=1S/C26H33N3O2/c1-28-12-14-29(15-13-28)19-21-5-2-4-20(16-21)18-27-26(31)11-10-25(30)24-9-8-22-6-3-7-23(22)17-24/h2,4-5,8-9,16-17H,3,6-7,10-15,18-19H2,1H3,(H,27,31). The van der Waals surface area contributed by atoms with Crippen LogP contribution in [0.3, 0.4) is 0 Å². The van der Waals surface area contributed by atoms with Crippen LogP contribution >= 0.6 is 0 Å². The van der Waals surface area contributed by atoms with Crippen molar-refractivity contribution in [3.8, 4) is 0 Å². The van der Waals surface area contributed by atoms with E-state index in [4.69, 9.17) is 0 Å². The summed E-state index contributed by atoms with van der Waals surface area (Å²) in [5.41, 5.74) is 5.79. The van der Waals surface area contributed by atoms with Gasteiger partial charge in [0.1, 0.15) is 0 Å². The Labute approximate surface area is 185 Å². The zero-order valence-electron chi connectivity index (χ0n) is 18.5. The number of nitrogens with one attached hydrogen (secondary N) is 1. The average molecular weight is 420 g/mol. The number of carbonyl (C=O) groups excluding carboxylic acids is 2. The first-order chi connectivity index (χ1) is 15.1. The highest BCUT2D eigenvalue weighted by Crippen LogP contribution is 2.23. The topological polar surface area (TPSA) is 52.6 Å². The molecule has 5 nitrogen and oxygen atoms in total. The number of amides is 1. The van der Waals surface area contributed by atoms with E-state index in [1.165, 1.54) is 23.1 Å². The van der Waals surface area contributed by atoms with Crippen molar-refractivity contribution in [3.63, 3.8) is 0 Å². The lowest BCUT2D eigenvalue weighted by molar-refractivity contribution is -0.121. The number of ketones is 1. The van der Waals surface area contributed by atoms with Crippen LogP contribution in [-0.2, 0) is 30.7 Å². The van der Waals surface area contributed by atoms with Gasteiger partial charge in [-0.2, -0.15) is 0 Å². The van der Waals surface area contributed by atoms with Crippen LogP contribution in [0, 0.1) is 0 Å². The predicted molar refractivity (Wildman–Crippen MR) is 123 cm³/mol. The van der Waals surface area contributed by atoms with E-state index in [0.717, 1.165) is 56.7 Å². The molecule has 31 heavy (non-hydrogen) atoms. The first-order valence-corrected chi connectivity index (χ1v) is 11.5. The number of rotatable bonds is 8. The number of carbonyl (C=O) groups is 2. The number of Topliss-reactive ketones (excluding diaryl/α,β-unsaturated/α-hetero) is 1. The van der Waals surface area contributed by atoms with Crippen molar-refractivity contribution < 1.29 is 9.59 Å². The Morgan fingerprint density at radius 2 is 1.68 bits per heavy atom. The van der Waals surface area contributed by atoms with Gasteiger partial charge in [-0.05, 0) is 54.6 Å². The first kappa shape index (κ1) is 21.7. The van der Waals surface area contributed by atoms with Crippen molar-refractivity contribution in [1.82, 2.24) is 15.1 Å². The van der Waals surface area contributed by atoms with Gasteiger partial charge in [0.05, 0.1) is 0 Å². The Morgan fingerprint density at radius 1 is 0.903 bits per heavy atom. The minimum Gasteiger partial charge on any atom is -0.352 e. The van der Waals surface area contributed by atoms with Crippen molar-refractivity contribution in [3.05, 3.63) is 70.3 Å². The molecule has 2 aromatic rings. The van der Waals surface area contributed by atoms with E-state index in [9.17, 15) is 9.59 Å². The van der Waals surface area contributed by atoms with Gasteiger partial charge >= 0.3 is 0 Å². The van der Waals surface area contributed by atoms with Crippen LogP contribution in [0.4, 0.5) is 0 Å². The van der Waals surface area contributed by atoms with Crippen LogP contribution in [0.5, 0.6) is 0 Å². The second-order valence-electron chi connectivity index (χ2n) is 8.94. The summed E-state index contributed by atoms with van der Waals surface area (Å²) in [5.74, 6) is -0.0157. The fourth-order valence-corrected chi connectivity index (χ4v) is 4.51. The number of aryl methyl sites for hydroxylation is 2. The SMILES string of the molecule is CN1CCN(Cc2cccc(CNC(=O)CCC(=O)c3ccc4c(c3)CCC4)c2)CC1. The van der Waals surface area contributed by atoms with Crippen molar-refractivity contribution in [1.29, 1.82) is 0 Å². The smallest absolute Gasteiger partial charge is 0.220 e. The number of piperazine rings is 1. The lowest BCUT2D eigenvalue weighted by Crippen LogP contribution is -2.43.